The molecule has 3 aromatic rings. The lowest BCUT2D eigenvalue weighted by molar-refractivity contribution is 0.680. The van der Waals surface area contributed by atoms with Gasteiger partial charge in [-0.15, -0.1) is 11.3 Å². The second-order valence-corrected chi connectivity index (χ2v) is 6.51. The summed E-state index contributed by atoms with van der Waals surface area (Å²) in [6.07, 6.45) is 8.10. The maximum atomic E-state index is 4.79. The van der Waals surface area contributed by atoms with Gasteiger partial charge >= 0.3 is 0 Å². The fourth-order valence-electron chi connectivity index (χ4n) is 2.79. The molecule has 0 saturated heterocycles. The minimum atomic E-state index is 0.699. The second-order valence-electron chi connectivity index (χ2n) is 5.34. The van der Waals surface area contributed by atoms with Crippen molar-refractivity contribution in [3.8, 4) is 0 Å². The quantitative estimate of drug-likeness (QED) is 0.804. The van der Waals surface area contributed by atoms with Crippen molar-refractivity contribution in [2.45, 2.75) is 32.2 Å². The van der Waals surface area contributed by atoms with Crippen molar-refractivity contribution in [2.24, 2.45) is 0 Å². The zero-order valence-corrected chi connectivity index (χ0v) is 12.7. The topological polar surface area (TPSA) is 70.6 Å². The third-order valence-corrected chi connectivity index (χ3v) is 4.97. The number of aromatic amines is 1. The van der Waals surface area contributed by atoms with Crippen molar-refractivity contribution in [3.63, 3.8) is 0 Å². The molecule has 3 aromatic heterocycles. The minimum Gasteiger partial charge on any atom is -0.351 e. The van der Waals surface area contributed by atoms with Crippen molar-refractivity contribution >= 4 is 28.3 Å². The molecule has 0 unspecified atom stereocenters. The molecular weight excluding hydrogens is 284 g/mol. The first-order valence-electron chi connectivity index (χ1n) is 7.14. The summed E-state index contributed by atoms with van der Waals surface area (Å²) in [5.41, 5.74) is 2.88. The van der Waals surface area contributed by atoms with Crippen LogP contribution in [0.3, 0.4) is 0 Å². The van der Waals surface area contributed by atoms with E-state index in [9.17, 15) is 0 Å². The summed E-state index contributed by atoms with van der Waals surface area (Å²) in [5.74, 6) is 0.866. The molecule has 1 N–H and O–H groups in total. The number of rotatable bonds is 3. The molecular formula is C14H16N6S. The van der Waals surface area contributed by atoms with Crippen LogP contribution in [0.4, 0.5) is 5.82 Å². The average molecular weight is 300 g/mol. The number of H-pyrrole nitrogens is 1. The summed E-state index contributed by atoms with van der Waals surface area (Å²) >= 11 is 1.84. The summed E-state index contributed by atoms with van der Waals surface area (Å²) in [6, 6.07) is 0. The molecule has 4 rings (SSSR count). The van der Waals surface area contributed by atoms with E-state index in [1.165, 1.54) is 29.8 Å². The Morgan fingerprint density at radius 3 is 3.05 bits per heavy atom. The van der Waals surface area contributed by atoms with Gasteiger partial charge in [0.2, 0.25) is 0 Å². The zero-order chi connectivity index (χ0) is 14.2. The van der Waals surface area contributed by atoms with E-state index >= 15 is 0 Å². The number of nitrogens with one attached hydrogen (secondary N) is 1. The SMILES string of the molecule is CN(Cc1nc2c(s1)CCCC2)c1ncnc2nc[nH]c12. The van der Waals surface area contributed by atoms with Crippen LogP contribution in [0.2, 0.25) is 0 Å². The molecule has 0 fully saturated rings. The van der Waals surface area contributed by atoms with E-state index in [-0.39, 0.29) is 0 Å². The van der Waals surface area contributed by atoms with Gasteiger partial charge in [0.1, 0.15) is 16.9 Å². The number of hydrogen-bond acceptors (Lipinski definition) is 6. The van der Waals surface area contributed by atoms with Gasteiger partial charge in [-0.1, -0.05) is 0 Å². The molecule has 1 aliphatic rings. The predicted molar refractivity (Wildman–Crippen MR) is 82.5 cm³/mol. The molecule has 0 bridgehead atoms. The van der Waals surface area contributed by atoms with Crippen LogP contribution in [0.25, 0.3) is 11.2 Å². The van der Waals surface area contributed by atoms with Crippen LogP contribution in [-0.2, 0) is 19.4 Å². The lowest BCUT2D eigenvalue weighted by Crippen LogP contribution is -2.18. The molecule has 3 heterocycles. The fourth-order valence-corrected chi connectivity index (χ4v) is 4.00. The molecule has 1 aliphatic carbocycles. The highest BCUT2D eigenvalue weighted by Gasteiger charge is 2.17. The maximum absolute atomic E-state index is 4.79. The van der Waals surface area contributed by atoms with Crippen LogP contribution in [0.5, 0.6) is 0 Å². The first-order valence-corrected chi connectivity index (χ1v) is 7.95. The number of hydrogen-bond donors (Lipinski definition) is 1. The molecule has 0 radical (unpaired) electrons. The highest BCUT2D eigenvalue weighted by molar-refractivity contribution is 7.11. The molecule has 6 nitrogen and oxygen atoms in total. The average Bonchev–Trinajstić information content (AvgIpc) is 3.12. The number of fused-ring (bicyclic) bond motifs is 2. The van der Waals surface area contributed by atoms with E-state index in [1.54, 1.807) is 12.7 Å². The zero-order valence-electron chi connectivity index (χ0n) is 11.8. The molecule has 7 heteroatoms. The van der Waals surface area contributed by atoms with Crippen molar-refractivity contribution < 1.29 is 0 Å². The monoisotopic (exact) mass is 300 g/mol. The molecule has 0 spiro atoms. The molecule has 0 aromatic carbocycles. The lowest BCUT2D eigenvalue weighted by atomic mass is 10.0. The van der Waals surface area contributed by atoms with E-state index < -0.39 is 0 Å². The van der Waals surface area contributed by atoms with E-state index in [0.717, 1.165) is 29.3 Å². The first kappa shape index (κ1) is 12.7. The van der Waals surface area contributed by atoms with Crippen LogP contribution >= 0.6 is 11.3 Å². The molecule has 21 heavy (non-hydrogen) atoms. The van der Waals surface area contributed by atoms with Crippen molar-refractivity contribution in [1.29, 1.82) is 0 Å². The van der Waals surface area contributed by atoms with E-state index in [4.69, 9.17) is 4.98 Å². The van der Waals surface area contributed by atoms with Gasteiger partial charge in [-0.3, -0.25) is 0 Å². The van der Waals surface area contributed by atoms with Crippen LogP contribution in [-0.4, -0.2) is 32.0 Å². The fraction of sp³-hybridized carbons (Fsp3) is 0.429. The summed E-state index contributed by atoms with van der Waals surface area (Å²) in [7, 11) is 2.03. The highest BCUT2D eigenvalue weighted by atomic mass is 32.1. The number of anilines is 1. The number of imidazole rings is 1. The Morgan fingerprint density at radius 1 is 1.24 bits per heavy atom. The van der Waals surface area contributed by atoms with Crippen molar-refractivity contribution in [1.82, 2.24) is 24.9 Å². The van der Waals surface area contributed by atoms with Crippen LogP contribution < -0.4 is 4.90 Å². The molecule has 0 amide bonds. The Hall–Kier alpha value is -2.02. The standard InChI is InChI=1S/C14H16N6S/c1-20(14-12-13(16-7-15-12)17-8-18-14)6-11-19-9-4-2-3-5-10(9)21-11/h7-8H,2-6H2,1H3,(H,15,16,17,18). The summed E-state index contributed by atoms with van der Waals surface area (Å²) in [5, 5.41) is 1.16. The Kier molecular flexibility index (Phi) is 3.07. The van der Waals surface area contributed by atoms with Gasteiger partial charge in [0.05, 0.1) is 18.6 Å². The Bertz CT molecular complexity index is 753. The minimum absolute atomic E-state index is 0.699. The van der Waals surface area contributed by atoms with Crippen LogP contribution in [0.1, 0.15) is 28.4 Å². The van der Waals surface area contributed by atoms with Gasteiger partial charge < -0.3 is 9.88 Å². The molecule has 108 valence electrons. The van der Waals surface area contributed by atoms with Gasteiger partial charge in [-0.25, -0.2) is 19.9 Å². The molecule has 0 aliphatic heterocycles. The highest BCUT2D eigenvalue weighted by Crippen LogP contribution is 2.28. The van der Waals surface area contributed by atoms with E-state index in [2.05, 4.69) is 24.8 Å². The number of thiazole rings is 1. The van der Waals surface area contributed by atoms with Gasteiger partial charge in [-0.05, 0) is 25.7 Å². The maximum Gasteiger partial charge on any atom is 0.182 e. The number of nitrogens with zero attached hydrogens (tertiary/aromatic N) is 5. The van der Waals surface area contributed by atoms with E-state index in [1.807, 2.05) is 18.4 Å². The summed E-state index contributed by atoms with van der Waals surface area (Å²) in [6.45, 7) is 0.767. The molecule has 0 atom stereocenters. The van der Waals surface area contributed by atoms with Gasteiger partial charge in [-0.2, -0.15) is 0 Å². The first-order chi connectivity index (χ1) is 10.3. The molecule has 0 saturated carbocycles. The van der Waals surface area contributed by atoms with Crippen molar-refractivity contribution in [3.05, 3.63) is 28.2 Å². The van der Waals surface area contributed by atoms with Crippen LogP contribution in [0.15, 0.2) is 12.7 Å². The third kappa shape index (κ3) is 2.27. The van der Waals surface area contributed by atoms with Gasteiger partial charge in [0, 0.05) is 11.9 Å². The summed E-state index contributed by atoms with van der Waals surface area (Å²) < 4.78 is 0. The number of aryl methyl sites for hydroxylation is 2. The number of aromatic nitrogens is 5. The Balaban J connectivity index is 1.62. The van der Waals surface area contributed by atoms with Gasteiger partial charge in [0.15, 0.2) is 11.5 Å². The van der Waals surface area contributed by atoms with Crippen LogP contribution in [0, 0.1) is 0 Å². The van der Waals surface area contributed by atoms with E-state index in [0.29, 0.717) is 5.65 Å². The predicted octanol–water partition coefficient (Wildman–Crippen LogP) is 2.32. The second kappa shape index (κ2) is 5.07. The largest absolute Gasteiger partial charge is 0.351 e. The Morgan fingerprint density at radius 2 is 2.14 bits per heavy atom. The lowest BCUT2D eigenvalue weighted by Gasteiger charge is -2.16. The Labute approximate surface area is 126 Å². The van der Waals surface area contributed by atoms with Gasteiger partial charge in [0.25, 0.3) is 0 Å². The smallest absolute Gasteiger partial charge is 0.182 e. The third-order valence-electron chi connectivity index (χ3n) is 3.83. The summed E-state index contributed by atoms with van der Waals surface area (Å²) in [4.78, 5) is 24.2. The normalized spacial score (nSPS) is 14.3. The van der Waals surface area contributed by atoms with Crippen molar-refractivity contribution in [2.75, 3.05) is 11.9 Å².